The summed E-state index contributed by atoms with van der Waals surface area (Å²) >= 11 is 0. The van der Waals surface area contributed by atoms with Crippen LogP contribution in [0.1, 0.15) is 74.6 Å². The lowest BCUT2D eigenvalue weighted by molar-refractivity contribution is -0.144. The van der Waals surface area contributed by atoms with Crippen LogP contribution in [0.4, 0.5) is 35.5 Å². The lowest BCUT2D eigenvalue weighted by Crippen LogP contribution is -2.52. The van der Waals surface area contributed by atoms with Crippen LogP contribution in [0.15, 0.2) is 42.5 Å². The summed E-state index contributed by atoms with van der Waals surface area (Å²) in [6.07, 6.45) is -3.05. The zero-order chi connectivity index (χ0) is 35.2. The van der Waals surface area contributed by atoms with Gasteiger partial charge < -0.3 is 14.5 Å². The zero-order valence-electron chi connectivity index (χ0n) is 27.5. The van der Waals surface area contributed by atoms with Gasteiger partial charge in [0.2, 0.25) is 0 Å². The minimum Gasteiger partial charge on any atom is -0.466 e. The molecule has 2 aliphatic rings. The molecule has 6 nitrogen and oxygen atoms in total. The summed E-state index contributed by atoms with van der Waals surface area (Å²) in [6, 6.07) is 7.54. The van der Waals surface area contributed by atoms with Crippen molar-refractivity contribution >= 4 is 12.0 Å². The maximum absolute atomic E-state index is 13.1. The molecule has 1 heterocycles. The fourth-order valence-electron chi connectivity index (χ4n) is 5.42. The van der Waals surface area contributed by atoms with Crippen LogP contribution in [-0.2, 0) is 28.4 Å². The average molecular weight is 678 g/mol. The molecule has 0 spiro atoms. The SMILES string of the molecule is CCOC(=O)CC.CN(Cc1cc(C(F)(F)F)cc(C(F)(F)F)c1)C(=O)N1CCN(CC2CCCCC2)CC1.Cc1cccc(F)c1. The molecule has 1 aliphatic heterocycles. The van der Waals surface area contributed by atoms with Crippen molar-refractivity contribution in [2.75, 3.05) is 46.4 Å². The van der Waals surface area contributed by atoms with E-state index in [1.54, 1.807) is 24.8 Å². The Morgan fingerprint density at radius 1 is 0.872 bits per heavy atom. The van der Waals surface area contributed by atoms with Crippen molar-refractivity contribution in [2.24, 2.45) is 5.92 Å². The van der Waals surface area contributed by atoms with Gasteiger partial charge in [-0.05, 0) is 74.1 Å². The van der Waals surface area contributed by atoms with E-state index < -0.39 is 29.5 Å². The highest BCUT2D eigenvalue weighted by atomic mass is 19.4. The normalized spacial score (nSPS) is 15.9. The predicted octanol–water partition coefficient (Wildman–Crippen LogP) is 8.57. The maximum Gasteiger partial charge on any atom is 0.416 e. The summed E-state index contributed by atoms with van der Waals surface area (Å²) in [5.41, 5.74) is -2.00. The lowest BCUT2D eigenvalue weighted by atomic mass is 9.89. The molecule has 0 unspecified atom stereocenters. The van der Waals surface area contributed by atoms with Crippen LogP contribution >= 0.6 is 0 Å². The largest absolute Gasteiger partial charge is 0.466 e. The van der Waals surface area contributed by atoms with Gasteiger partial charge in [-0.3, -0.25) is 9.69 Å². The first kappa shape index (κ1) is 39.8. The molecular weight excluding hydrogens is 631 g/mol. The molecule has 47 heavy (non-hydrogen) atoms. The monoisotopic (exact) mass is 677 g/mol. The highest BCUT2D eigenvalue weighted by molar-refractivity contribution is 5.74. The van der Waals surface area contributed by atoms with Gasteiger partial charge in [-0.15, -0.1) is 0 Å². The molecule has 2 fully saturated rings. The zero-order valence-corrected chi connectivity index (χ0v) is 27.5. The van der Waals surface area contributed by atoms with Crippen LogP contribution in [0.25, 0.3) is 0 Å². The number of rotatable bonds is 6. The lowest BCUT2D eigenvalue weighted by Gasteiger charge is -2.38. The first-order valence-corrected chi connectivity index (χ1v) is 15.9. The molecule has 264 valence electrons. The fraction of sp³-hybridized carbons (Fsp3) is 0.588. The van der Waals surface area contributed by atoms with Crippen molar-refractivity contribution < 1.29 is 45.1 Å². The Morgan fingerprint density at radius 2 is 1.45 bits per heavy atom. The molecule has 2 aromatic carbocycles. The van der Waals surface area contributed by atoms with E-state index in [9.17, 15) is 40.3 Å². The van der Waals surface area contributed by atoms with E-state index in [1.807, 2.05) is 13.0 Å². The number of benzene rings is 2. The number of halogens is 7. The van der Waals surface area contributed by atoms with E-state index in [0.717, 1.165) is 25.2 Å². The molecule has 2 amide bonds. The molecule has 13 heteroatoms. The molecule has 0 bridgehead atoms. The third-order valence-electron chi connectivity index (χ3n) is 7.85. The standard InChI is InChI=1S/C22H29F6N3O.C7H7F.C5H10O2/c1-29(14-17-11-18(21(23,24)25)13-19(12-17)22(26,27)28)20(32)31-9-7-30(8-10-31)15-16-5-3-2-4-6-16;1-6-3-2-4-7(8)5-6;1-3-5(6)7-4-2/h11-13,16H,2-10,14-15H2,1H3;2-5H,1H3;3-4H2,1-2H3. The van der Waals surface area contributed by atoms with Gasteiger partial charge in [-0.1, -0.05) is 38.3 Å². The van der Waals surface area contributed by atoms with Crippen molar-refractivity contribution in [1.82, 2.24) is 14.7 Å². The fourth-order valence-corrected chi connectivity index (χ4v) is 5.42. The number of amides is 2. The quantitative estimate of drug-likeness (QED) is 0.227. The van der Waals surface area contributed by atoms with Gasteiger partial charge in [0.1, 0.15) is 5.82 Å². The summed E-state index contributed by atoms with van der Waals surface area (Å²) in [5.74, 6) is 0.407. The van der Waals surface area contributed by atoms with E-state index in [0.29, 0.717) is 44.2 Å². The maximum atomic E-state index is 13.1. The van der Waals surface area contributed by atoms with Crippen molar-refractivity contribution in [3.05, 3.63) is 70.5 Å². The smallest absolute Gasteiger partial charge is 0.416 e. The summed E-state index contributed by atoms with van der Waals surface area (Å²) < 4.78 is 95.1. The topological polar surface area (TPSA) is 53.1 Å². The highest BCUT2D eigenvalue weighted by Crippen LogP contribution is 2.36. The minimum atomic E-state index is -4.91. The van der Waals surface area contributed by atoms with Gasteiger partial charge in [0.05, 0.1) is 17.7 Å². The number of alkyl halides is 6. The third-order valence-corrected chi connectivity index (χ3v) is 7.85. The Morgan fingerprint density at radius 3 is 1.87 bits per heavy atom. The van der Waals surface area contributed by atoms with Crippen molar-refractivity contribution in [3.8, 4) is 0 Å². The van der Waals surface area contributed by atoms with Gasteiger partial charge in [-0.2, -0.15) is 26.3 Å². The Labute approximate surface area is 272 Å². The summed E-state index contributed by atoms with van der Waals surface area (Å²) in [6.45, 7) is 9.03. The number of ether oxygens (including phenoxy) is 1. The van der Waals surface area contributed by atoms with Crippen molar-refractivity contribution in [1.29, 1.82) is 0 Å². The summed E-state index contributed by atoms with van der Waals surface area (Å²) in [5, 5.41) is 0. The molecule has 0 aromatic heterocycles. The first-order chi connectivity index (χ1) is 22.0. The predicted molar refractivity (Wildman–Crippen MR) is 166 cm³/mol. The van der Waals surface area contributed by atoms with Gasteiger partial charge in [-0.25, -0.2) is 9.18 Å². The second kappa shape index (κ2) is 18.8. The highest BCUT2D eigenvalue weighted by Gasteiger charge is 2.37. The van der Waals surface area contributed by atoms with Crippen LogP contribution in [0.5, 0.6) is 0 Å². The second-order valence-electron chi connectivity index (χ2n) is 11.8. The molecule has 1 saturated carbocycles. The van der Waals surface area contributed by atoms with Gasteiger partial charge >= 0.3 is 24.4 Å². The number of hydrogen-bond donors (Lipinski definition) is 0. The summed E-state index contributed by atoms with van der Waals surface area (Å²) in [7, 11) is 1.39. The molecule has 1 saturated heterocycles. The molecular formula is C34H46F7N3O3. The van der Waals surface area contributed by atoms with Crippen LogP contribution in [-0.4, -0.2) is 73.1 Å². The van der Waals surface area contributed by atoms with Gasteiger partial charge in [0.15, 0.2) is 0 Å². The van der Waals surface area contributed by atoms with E-state index in [1.165, 1.54) is 56.2 Å². The molecule has 1 aliphatic carbocycles. The molecule has 0 atom stereocenters. The number of urea groups is 1. The Balaban J connectivity index is 0.000000419. The molecule has 4 rings (SSSR count). The van der Waals surface area contributed by atoms with E-state index in [2.05, 4.69) is 9.64 Å². The average Bonchev–Trinajstić information content (AvgIpc) is 3.01. The minimum absolute atomic E-state index is 0.0941. The first-order valence-electron chi connectivity index (χ1n) is 15.9. The Bertz CT molecular complexity index is 1210. The third kappa shape index (κ3) is 14.5. The van der Waals surface area contributed by atoms with Gasteiger partial charge in [0.25, 0.3) is 0 Å². The number of hydrogen-bond acceptors (Lipinski definition) is 4. The van der Waals surface area contributed by atoms with Crippen LogP contribution in [0.2, 0.25) is 0 Å². The van der Waals surface area contributed by atoms with E-state index in [4.69, 9.17) is 0 Å². The number of piperazine rings is 1. The molecule has 0 radical (unpaired) electrons. The molecule has 0 N–H and O–H groups in total. The second-order valence-corrected chi connectivity index (χ2v) is 11.8. The van der Waals surface area contributed by atoms with E-state index in [-0.39, 0.29) is 30.0 Å². The number of esters is 1. The van der Waals surface area contributed by atoms with Crippen molar-refractivity contribution in [3.63, 3.8) is 0 Å². The van der Waals surface area contributed by atoms with Crippen LogP contribution in [0.3, 0.4) is 0 Å². The number of carbonyl (C=O) groups is 2. The number of carbonyl (C=O) groups excluding carboxylic acids is 2. The number of aryl methyl sites for hydroxylation is 1. The molecule has 2 aromatic rings. The van der Waals surface area contributed by atoms with Crippen molar-refractivity contribution in [2.45, 2.75) is 78.2 Å². The van der Waals surface area contributed by atoms with Crippen LogP contribution in [0, 0.1) is 18.7 Å². The Hall–Kier alpha value is -3.35. The Kier molecular flexibility index (Phi) is 16.0. The van der Waals surface area contributed by atoms with Gasteiger partial charge in [0, 0.05) is 52.7 Å². The number of nitrogens with zero attached hydrogens (tertiary/aromatic N) is 3. The summed E-state index contributed by atoms with van der Waals surface area (Å²) in [4.78, 5) is 28.1. The van der Waals surface area contributed by atoms with E-state index >= 15 is 0 Å². The van der Waals surface area contributed by atoms with Crippen LogP contribution < -0.4 is 0 Å².